The van der Waals surface area contributed by atoms with Crippen LogP contribution < -0.4 is 5.32 Å². The van der Waals surface area contributed by atoms with Crippen LogP contribution in [0.4, 0.5) is 17.6 Å². The Hall–Kier alpha value is -1.88. The molecule has 0 aliphatic rings. The van der Waals surface area contributed by atoms with E-state index in [2.05, 4.69) is 5.32 Å². The molecule has 106 valence electrons. The standard InChI is InChI=1S/C15H13F4N/c16-14-7-3-12(4-8-14)10-20-9-11-1-5-13(6-2-11)15(17,18)19/h1-8,20H,9-10H2. The normalized spacial score (nSPS) is 11.6. The van der Waals surface area contributed by atoms with Gasteiger partial charge in [-0.05, 0) is 35.4 Å². The molecule has 0 spiro atoms. The highest BCUT2D eigenvalue weighted by Gasteiger charge is 2.29. The maximum atomic E-state index is 12.7. The van der Waals surface area contributed by atoms with Crippen LogP contribution >= 0.6 is 0 Å². The summed E-state index contributed by atoms with van der Waals surface area (Å²) in [6.45, 7) is 0.983. The number of nitrogens with one attached hydrogen (secondary N) is 1. The largest absolute Gasteiger partial charge is 0.416 e. The van der Waals surface area contributed by atoms with Gasteiger partial charge in [0.1, 0.15) is 5.82 Å². The third-order valence-electron chi connectivity index (χ3n) is 2.85. The van der Waals surface area contributed by atoms with E-state index in [9.17, 15) is 17.6 Å². The van der Waals surface area contributed by atoms with Crippen molar-refractivity contribution in [2.45, 2.75) is 19.3 Å². The van der Waals surface area contributed by atoms with Gasteiger partial charge in [-0.15, -0.1) is 0 Å². The van der Waals surface area contributed by atoms with E-state index in [-0.39, 0.29) is 5.82 Å². The van der Waals surface area contributed by atoms with E-state index in [4.69, 9.17) is 0 Å². The number of benzene rings is 2. The van der Waals surface area contributed by atoms with Crippen molar-refractivity contribution in [1.29, 1.82) is 0 Å². The first kappa shape index (κ1) is 14.5. The lowest BCUT2D eigenvalue weighted by Gasteiger charge is -2.08. The minimum atomic E-state index is -4.31. The average Bonchev–Trinajstić information content (AvgIpc) is 2.41. The van der Waals surface area contributed by atoms with Crippen molar-refractivity contribution >= 4 is 0 Å². The highest BCUT2D eigenvalue weighted by molar-refractivity contribution is 5.24. The van der Waals surface area contributed by atoms with Gasteiger partial charge in [-0.1, -0.05) is 24.3 Å². The summed E-state index contributed by atoms with van der Waals surface area (Å²) in [4.78, 5) is 0. The van der Waals surface area contributed by atoms with Gasteiger partial charge in [0.15, 0.2) is 0 Å². The fraction of sp³-hybridized carbons (Fsp3) is 0.200. The lowest BCUT2D eigenvalue weighted by molar-refractivity contribution is -0.137. The topological polar surface area (TPSA) is 12.0 Å². The molecule has 1 N–H and O–H groups in total. The van der Waals surface area contributed by atoms with Crippen LogP contribution in [-0.2, 0) is 19.3 Å². The second-order valence-electron chi connectivity index (χ2n) is 4.42. The molecule has 0 aromatic heterocycles. The molecule has 0 heterocycles. The number of alkyl halides is 3. The monoisotopic (exact) mass is 283 g/mol. The Morgan fingerprint density at radius 1 is 0.750 bits per heavy atom. The summed E-state index contributed by atoms with van der Waals surface area (Å²) in [6.07, 6.45) is -4.31. The van der Waals surface area contributed by atoms with Crippen LogP contribution in [0.3, 0.4) is 0 Å². The molecule has 2 aromatic carbocycles. The zero-order valence-electron chi connectivity index (χ0n) is 10.5. The Morgan fingerprint density at radius 2 is 1.20 bits per heavy atom. The minimum absolute atomic E-state index is 0.295. The zero-order chi connectivity index (χ0) is 14.6. The van der Waals surface area contributed by atoms with E-state index in [0.717, 1.165) is 23.3 Å². The van der Waals surface area contributed by atoms with Gasteiger partial charge >= 0.3 is 6.18 Å². The van der Waals surface area contributed by atoms with Gasteiger partial charge < -0.3 is 5.32 Å². The molecule has 0 aliphatic carbocycles. The molecule has 0 aliphatic heterocycles. The van der Waals surface area contributed by atoms with Crippen molar-refractivity contribution in [1.82, 2.24) is 5.32 Å². The third-order valence-corrected chi connectivity index (χ3v) is 2.85. The molecule has 0 fully saturated rings. The summed E-state index contributed by atoms with van der Waals surface area (Å²) in [5, 5.41) is 3.09. The summed E-state index contributed by atoms with van der Waals surface area (Å²) >= 11 is 0. The molecule has 0 saturated heterocycles. The molecule has 0 unspecified atom stereocenters. The molecule has 0 radical (unpaired) electrons. The summed E-state index contributed by atoms with van der Waals surface area (Å²) in [5.74, 6) is -0.295. The molecule has 0 amide bonds. The number of halogens is 4. The Bertz CT molecular complexity index is 544. The van der Waals surface area contributed by atoms with Crippen LogP contribution in [0.5, 0.6) is 0 Å². The fourth-order valence-electron chi connectivity index (χ4n) is 1.77. The van der Waals surface area contributed by atoms with Gasteiger partial charge in [0.25, 0.3) is 0 Å². The highest BCUT2D eigenvalue weighted by Crippen LogP contribution is 2.29. The van der Waals surface area contributed by atoms with Crippen molar-refractivity contribution in [2.24, 2.45) is 0 Å². The average molecular weight is 283 g/mol. The second kappa shape index (κ2) is 6.05. The molecule has 0 saturated carbocycles. The van der Waals surface area contributed by atoms with Crippen molar-refractivity contribution in [3.63, 3.8) is 0 Å². The van der Waals surface area contributed by atoms with Gasteiger partial charge in [-0.25, -0.2) is 4.39 Å². The van der Waals surface area contributed by atoms with E-state index < -0.39 is 11.7 Å². The molecule has 2 aromatic rings. The van der Waals surface area contributed by atoms with Crippen molar-refractivity contribution in [3.05, 3.63) is 71.0 Å². The maximum absolute atomic E-state index is 12.7. The first-order valence-electron chi connectivity index (χ1n) is 6.06. The molecule has 0 bridgehead atoms. The van der Waals surface area contributed by atoms with E-state index >= 15 is 0 Å². The van der Waals surface area contributed by atoms with Crippen LogP contribution in [-0.4, -0.2) is 0 Å². The summed E-state index contributed by atoms with van der Waals surface area (Å²) < 4.78 is 49.8. The van der Waals surface area contributed by atoms with E-state index in [1.54, 1.807) is 12.1 Å². The number of hydrogen-bond acceptors (Lipinski definition) is 1. The van der Waals surface area contributed by atoms with Gasteiger partial charge in [0.05, 0.1) is 5.56 Å². The maximum Gasteiger partial charge on any atom is 0.416 e. The van der Waals surface area contributed by atoms with Crippen LogP contribution in [0.25, 0.3) is 0 Å². The van der Waals surface area contributed by atoms with Crippen molar-refractivity contribution in [2.75, 3.05) is 0 Å². The van der Waals surface area contributed by atoms with Gasteiger partial charge in [-0.3, -0.25) is 0 Å². The van der Waals surface area contributed by atoms with Gasteiger partial charge in [-0.2, -0.15) is 13.2 Å². The molecule has 20 heavy (non-hydrogen) atoms. The first-order valence-corrected chi connectivity index (χ1v) is 6.06. The molecular weight excluding hydrogens is 270 g/mol. The van der Waals surface area contributed by atoms with Gasteiger partial charge in [0, 0.05) is 13.1 Å². The fourth-order valence-corrected chi connectivity index (χ4v) is 1.77. The predicted octanol–water partition coefficient (Wildman–Crippen LogP) is 4.13. The van der Waals surface area contributed by atoms with Crippen LogP contribution in [0.1, 0.15) is 16.7 Å². The molecule has 2 rings (SSSR count). The van der Waals surface area contributed by atoms with Crippen LogP contribution in [0.15, 0.2) is 48.5 Å². The van der Waals surface area contributed by atoms with Crippen LogP contribution in [0, 0.1) is 5.82 Å². The smallest absolute Gasteiger partial charge is 0.309 e. The lowest BCUT2D eigenvalue weighted by atomic mass is 10.1. The Balaban J connectivity index is 1.87. The molecule has 0 atom stereocenters. The first-order chi connectivity index (χ1) is 9.45. The highest BCUT2D eigenvalue weighted by atomic mass is 19.4. The lowest BCUT2D eigenvalue weighted by Crippen LogP contribution is -2.13. The van der Waals surface area contributed by atoms with Crippen molar-refractivity contribution < 1.29 is 17.6 Å². The predicted molar refractivity (Wildman–Crippen MR) is 68.4 cm³/mol. The Morgan fingerprint density at radius 3 is 1.65 bits per heavy atom. The van der Waals surface area contributed by atoms with E-state index in [1.165, 1.54) is 24.3 Å². The third kappa shape index (κ3) is 4.06. The summed E-state index contributed by atoms with van der Waals surface area (Å²) in [6, 6.07) is 11.1. The second-order valence-corrected chi connectivity index (χ2v) is 4.42. The molecule has 5 heteroatoms. The Kier molecular flexibility index (Phi) is 4.39. The van der Waals surface area contributed by atoms with E-state index in [0.29, 0.717) is 13.1 Å². The van der Waals surface area contributed by atoms with Crippen molar-refractivity contribution in [3.8, 4) is 0 Å². The number of rotatable bonds is 4. The van der Waals surface area contributed by atoms with Gasteiger partial charge in [0.2, 0.25) is 0 Å². The summed E-state index contributed by atoms with van der Waals surface area (Å²) in [7, 11) is 0. The van der Waals surface area contributed by atoms with Crippen LogP contribution in [0.2, 0.25) is 0 Å². The number of hydrogen-bond donors (Lipinski definition) is 1. The summed E-state index contributed by atoms with van der Waals surface area (Å²) in [5.41, 5.74) is 1.03. The zero-order valence-corrected chi connectivity index (χ0v) is 10.5. The Labute approximate surface area is 114 Å². The molecule has 1 nitrogen and oxygen atoms in total. The SMILES string of the molecule is Fc1ccc(CNCc2ccc(C(F)(F)F)cc2)cc1. The minimum Gasteiger partial charge on any atom is -0.309 e. The molecular formula is C15H13F4N. The van der Waals surface area contributed by atoms with E-state index in [1.807, 2.05) is 0 Å². The quantitative estimate of drug-likeness (QED) is 0.832.